The Bertz CT molecular complexity index is 491. The van der Waals surface area contributed by atoms with Crippen molar-refractivity contribution in [1.82, 2.24) is 10.2 Å². The van der Waals surface area contributed by atoms with Crippen molar-refractivity contribution in [3.63, 3.8) is 0 Å². The van der Waals surface area contributed by atoms with Crippen LogP contribution < -0.4 is 10.2 Å². The number of nitrogens with zero attached hydrogens (tertiary/aromatic N) is 2. The molecule has 0 bridgehead atoms. The van der Waals surface area contributed by atoms with Gasteiger partial charge in [0.15, 0.2) is 0 Å². The largest absolute Gasteiger partial charge is 0.508 e. The monoisotopic (exact) mass is 303 g/mol. The minimum absolute atomic E-state index is 0.396. The molecule has 1 atom stereocenters. The third-order valence-electron chi connectivity index (χ3n) is 5.07. The van der Waals surface area contributed by atoms with Gasteiger partial charge in [0.05, 0.1) is 0 Å². The molecule has 0 spiro atoms. The van der Waals surface area contributed by atoms with Gasteiger partial charge >= 0.3 is 0 Å². The van der Waals surface area contributed by atoms with Crippen LogP contribution in [-0.4, -0.2) is 49.3 Å². The van der Waals surface area contributed by atoms with E-state index in [0.29, 0.717) is 11.8 Å². The minimum Gasteiger partial charge on any atom is -0.508 e. The number of hydrogen-bond donors (Lipinski definition) is 2. The molecule has 2 fully saturated rings. The number of piperazine rings is 1. The summed E-state index contributed by atoms with van der Waals surface area (Å²) in [5.74, 6) is 1.20. The van der Waals surface area contributed by atoms with Gasteiger partial charge in [0.25, 0.3) is 0 Å². The van der Waals surface area contributed by atoms with Gasteiger partial charge in [0, 0.05) is 62.6 Å². The smallest absolute Gasteiger partial charge is 0.122 e. The van der Waals surface area contributed by atoms with Crippen molar-refractivity contribution in [1.29, 1.82) is 0 Å². The Kier molecular flexibility index (Phi) is 4.89. The fourth-order valence-corrected chi connectivity index (χ4v) is 3.69. The summed E-state index contributed by atoms with van der Waals surface area (Å²) in [6.45, 7) is 10.5. The Labute approximate surface area is 134 Å². The van der Waals surface area contributed by atoms with Gasteiger partial charge in [0.2, 0.25) is 0 Å². The SMILES string of the molecule is CCN(CC)c1ccc([C@@H](C2CC2)N2CCNCC2)c(O)c1. The van der Waals surface area contributed by atoms with Crippen LogP contribution in [0.1, 0.15) is 38.3 Å². The second-order valence-corrected chi connectivity index (χ2v) is 6.48. The van der Waals surface area contributed by atoms with Gasteiger partial charge in [-0.05, 0) is 38.7 Å². The molecule has 0 aromatic heterocycles. The van der Waals surface area contributed by atoms with Crippen molar-refractivity contribution < 1.29 is 5.11 Å². The average Bonchev–Trinajstić information content (AvgIpc) is 3.37. The van der Waals surface area contributed by atoms with E-state index in [4.69, 9.17) is 0 Å². The molecule has 0 unspecified atom stereocenters. The summed E-state index contributed by atoms with van der Waals surface area (Å²) < 4.78 is 0. The Morgan fingerprint density at radius 3 is 2.45 bits per heavy atom. The molecule has 0 amide bonds. The molecule has 3 rings (SSSR count). The van der Waals surface area contributed by atoms with E-state index >= 15 is 0 Å². The molecule has 1 aromatic rings. The summed E-state index contributed by atoms with van der Waals surface area (Å²) in [5.41, 5.74) is 2.25. The highest BCUT2D eigenvalue weighted by molar-refractivity contribution is 5.54. The van der Waals surface area contributed by atoms with Crippen LogP contribution in [0.4, 0.5) is 5.69 Å². The second-order valence-electron chi connectivity index (χ2n) is 6.48. The van der Waals surface area contributed by atoms with E-state index in [1.807, 2.05) is 6.07 Å². The third-order valence-corrected chi connectivity index (χ3v) is 5.07. The summed E-state index contributed by atoms with van der Waals surface area (Å²) >= 11 is 0. The molecule has 22 heavy (non-hydrogen) atoms. The molecule has 1 aliphatic carbocycles. The molecule has 4 nitrogen and oxygen atoms in total. The quantitative estimate of drug-likeness (QED) is 0.847. The van der Waals surface area contributed by atoms with Crippen LogP contribution in [0, 0.1) is 5.92 Å². The fourth-order valence-electron chi connectivity index (χ4n) is 3.69. The standard InChI is InChI=1S/C18H29N3O/c1-3-20(4-2)15-7-8-16(17(22)13-15)18(14-5-6-14)21-11-9-19-10-12-21/h7-8,13-14,18-19,22H,3-6,9-12H2,1-2H3/t18-/m1/s1. The van der Waals surface area contributed by atoms with Crippen molar-refractivity contribution >= 4 is 5.69 Å². The van der Waals surface area contributed by atoms with E-state index in [-0.39, 0.29) is 0 Å². The van der Waals surface area contributed by atoms with Crippen molar-refractivity contribution in [2.24, 2.45) is 5.92 Å². The first-order valence-corrected chi connectivity index (χ1v) is 8.77. The van der Waals surface area contributed by atoms with Crippen LogP contribution in [0.25, 0.3) is 0 Å². The highest BCUT2D eigenvalue weighted by Gasteiger charge is 2.38. The molecule has 122 valence electrons. The van der Waals surface area contributed by atoms with E-state index in [0.717, 1.165) is 56.4 Å². The topological polar surface area (TPSA) is 38.7 Å². The van der Waals surface area contributed by atoms with Gasteiger partial charge in [-0.2, -0.15) is 0 Å². The molecule has 2 aliphatic rings. The molecule has 1 saturated carbocycles. The van der Waals surface area contributed by atoms with Crippen LogP contribution >= 0.6 is 0 Å². The van der Waals surface area contributed by atoms with Gasteiger partial charge in [0.1, 0.15) is 5.75 Å². The maximum Gasteiger partial charge on any atom is 0.122 e. The van der Waals surface area contributed by atoms with Crippen LogP contribution in [0.15, 0.2) is 18.2 Å². The summed E-state index contributed by atoms with van der Waals surface area (Å²) in [7, 11) is 0. The van der Waals surface area contributed by atoms with Crippen LogP contribution in [0.2, 0.25) is 0 Å². The first-order chi connectivity index (χ1) is 10.7. The number of rotatable bonds is 6. The number of hydrogen-bond acceptors (Lipinski definition) is 4. The molecule has 4 heteroatoms. The van der Waals surface area contributed by atoms with E-state index in [2.05, 4.69) is 41.1 Å². The molecule has 1 aliphatic heterocycles. The number of anilines is 1. The predicted molar refractivity (Wildman–Crippen MR) is 91.6 cm³/mol. The lowest BCUT2D eigenvalue weighted by Crippen LogP contribution is -2.45. The zero-order valence-corrected chi connectivity index (χ0v) is 13.9. The zero-order chi connectivity index (χ0) is 15.5. The Morgan fingerprint density at radius 2 is 1.91 bits per heavy atom. The Morgan fingerprint density at radius 1 is 1.23 bits per heavy atom. The van der Waals surface area contributed by atoms with Gasteiger partial charge in [-0.25, -0.2) is 0 Å². The lowest BCUT2D eigenvalue weighted by Gasteiger charge is -2.36. The first-order valence-electron chi connectivity index (χ1n) is 8.77. The van der Waals surface area contributed by atoms with E-state index in [9.17, 15) is 5.11 Å². The molecule has 1 heterocycles. The van der Waals surface area contributed by atoms with E-state index in [1.165, 1.54) is 12.8 Å². The van der Waals surface area contributed by atoms with Crippen LogP contribution in [-0.2, 0) is 0 Å². The summed E-state index contributed by atoms with van der Waals surface area (Å²) in [5, 5.41) is 14.1. The highest BCUT2D eigenvalue weighted by Crippen LogP contribution is 2.47. The molecular formula is C18H29N3O. The number of phenols is 1. The molecule has 0 radical (unpaired) electrons. The van der Waals surface area contributed by atoms with Crippen molar-refractivity contribution in [2.75, 3.05) is 44.2 Å². The second kappa shape index (κ2) is 6.88. The van der Waals surface area contributed by atoms with Crippen LogP contribution in [0.5, 0.6) is 5.75 Å². The molecular weight excluding hydrogens is 274 g/mol. The molecule has 1 saturated heterocycles. The van der Waals surface area contributed by atoms with Gasteiger partial charge in [-0.15, -0.1) is 0 Å². The Hall–Kier alpha value is -1.26. The highest BCUT2D eigenvalue weighted by atomic mass is 16.3. The summed E-state index contributed by atoms with van der Waals surface area (Å²) in [6, 6.07) is 6.70. The molecule has 2 N–H and O–H groups in total. The zero-order valence-electron chi connectivity index (χ0n) is 13.9. The van der Waals surface area contributed by atoms with Gasteiger partial charge in [-0.1, -0.05) is 6.07 Å². The van der Waals surface area contributed by atoms with Gasteiger partial charge in [-0.3, -0.25) is 4.90 Å². The van der Waals surface area contributed by atoms with Crippen molar-refractivity contribution in [2.45, 2.75) is 32.7 Å². The maximum absolute atomic E-state index is 10.6. The Balaban J connectivity index is 1.84. The van der Waals surface area contributed by atoms with Crippen molar-refractivity contribution in [3.8, 4) is 5.75 Å². The average molecular weight is 303 g/mol. The predicted octanol–water partition coefficient (Wildman–Crippen LogP) is 2.59. The van der Waals surface area contributed by atoms with Gasteiger partial charge < -0.3 is 15.3 Å². The summed E-state index contributed by atoms with van der Waals surface area (Å²) in [6.07, 6.45) is 2.59. The normalized spacial score (nSPS) is 20.8. The molecule has 1 aromatic carbocycles. The lowest BCUT2D eigenvalue weighted by atomic mass is 9.98. The minimum atomic E-state index is 0.396. The summed E-state index contributed by atoms with van der Waals surface area (Å²) in [4.78, 5) is 4.83. The maximum atomic E-state index is 10.6. The number of nitrogens with one attached hydrogen (secondary N) is 1. The van der Waals surface area contributed by atoms with Crippen molar-refractivity contribution in [3.05, 3.63) is 23.8 Å². The van der Waals surface area contributed by atoms with E-state index < -0.39 is 0 Å². The number of phenolic OH excluding ortho intramolecular Hbond substituents is 1. The lowest BCUT2D eigenvalue weighted by molar-refractivity contribution is 0.153. The van der Waals surface area contributed by atoms with E-state index in [1.54, 1.807) is 0 Å². The number of benzene rings is 1. The first kappa shape index (κ1) is 15.6. The third kappa shape index (κ3) is 3.23. The number of aromatic hydroxyl groups is 1. The van der Waals surface area contributed by atoms with Crippen LogP contribution in [0.3, 0.4) is 0 Å². The fraction of sp³-hybridized carbons (Fsp3) is 0.667.